The summed E-state index contributed by atoms with van der Waals surface area (Å²) in [6.07, 6.45) is 1.43. The number of nitrogens with one attached hydrogen (secondary N) is 2. The highest BCUT2D eigenvalue weighted by atomic mass is 19.1. The van der Waals surface area contributed by atoms with Crippen molar-refractivity contribution < 1.29 is 8.78 Å². The Kier molecular flexibility index (Phi) is 3.10. The number of nitrogens with two attached hydrogens (primary N) is 1. The molecule has 2 rings (SSSR count). The van der Waals surface area contributed by atoms with Gasteiger partial charge in [-0.3, -0.25) is 5.43 Å². The molecular weight excluding hydrogens is 228 g/mol. The lowest BCUT2D eigenvalue weighted by molar-refractivity contribution is 0.603. The molecule has 0 aliphatic heterocycles. The summed E-state index contributed by atoms with van der Waals surface area (Å²) in [6, 6.07) is 4.60. The van der Waals surface area contributed by atoms with E-state index in [-0.39, 0.29) is 11.6 Å². The van der Waals surface area contributed by atoms with Crippen molar-refractivity contribution in [2.24, 2.45) is 5.84 Å². The van der Waals surface area contributed by atoms with E-state index in [9.17, 15) is 8.78 Å². The summed E-state index contributed by atoms with van der Waals surface area (Å²) < 4.78 is 26.2. The number of hydrogen-bond acceptors (Lipinski definition) is 5. The van der Waals surface area contributed by atoms with E-state index in [4.69, 9.17) is 5.84 Å². The number of rotatable bonds is 3. The van der Waals surface area contributed by atoms with E-state index in [0.717, 1.165) is 18.2 Å². The average molecular weight is 237 g/mol. The van der Waals surface area contributed by atoms with Crippen molar-refractivity contribution in [3.63, 3.8) is 0 Å². The third-order valence-electron chi connectivity index (χ3n) is 1.98. The largest absolute Gasteiger partial charge is 0.338 e. The fourth-order valence-corrected chi connectivity index (χ4v) is 1.23. The van der Waals surface area contributed by atoms with Gasteiger partial charge in [-0.05, 0) is 18.2 Å². The first-order chi connectivity index (χ1) is 8.19. The molecule has 5 nitrogen and oxygen atoms in total. The highest BCUT2D eigenvalue weighted by molar-refractivity contribution is 5.57. The number of nitrogens with zero attached hydrogens (tertiary/aromatic N) is 2. The van der Waals surface area contributed by atoms with Crippen LogP contribution in [0.25, 0.3) is 0 Å². The first-order valence-corrected chi connectivity index (χ1v) is 4.71. The Morgan fingerprint density at radius 1 is 1.18 bits per heavy atom. The van der Waals surface area contributed by atoms with E-state index in [1.54, 1.807) is 0 Å². The molecule has 0 unspecified atom stereocenters. The van der Waals surface area contributed by atoms with Gasteiger partial charge in [0.2, 0.25) is 5.95 Å². The van der Waals surface area contributed by atoms with Gasteiger partial charge in [-0.25, -0.2) is 19.6 Å². The molecule has 0 bridgehead atoms. The first-order valence-electron chi connectivity index (χ1n) is 4.71. The van der Waals surface area contributed by atoms with Gasteiger partial charge >= 0.3 is 0 Å². The van der Waals surface area contributed by atoms with Crippen LogP contribution < -0.4 is 16.6 Å². The molecule has 0 saturated carbocycles. The smallest absolute Gasteiger partial charge is 0.239 e. The zero-order valence-corrected chi connectivity index (χ0v) is 8.61. The topological polar surface area (TPSA) is 75.9 Å². The van der Waals surface area contributed by atoms with Gasteiger partial charge in [-0.15, -0.1) is 0 Å². The number of benzene rings is 1. The summed E-state index contributed by atoms with van der Waals surface area (Å²) in [7, 11) is 0. The van der Waals surface area contributed by atoms with Crippen molar-refractivity contribution >= 4 is 17.5 Å². The lowest BCUT2D eigenvalue weighted by atomic mass is 10.3. The van der Waals surface area contributed by atoms with Crippen molar-refractivity contribution in [1.29, 1.82) is 0 Å². The van der Waals surface area contributed by atoms with Gasteiger partial charge in [-0.1, -0.05) is 0 Å². The maximum absolute atomic E-state index is 13.3. The molecule has 0 saturated heterocycles. The second-order valence-corrected chi connectivity index (χ2v) is 3.16. The van der Waals surface area contributed by atoms with Crippen molar-refractivity contribution in [2.45, 2.75) is 0 Å². The Bertz CT molecular complexity index is 532. The number of anilines is 3. The fourth-order valence-electron chi connectivity index (χ4n) is 1.23. The molecule has 0 radical (unpaired) electrons. The van der Waals surface area contributed by atoms with Crippen LogP contribution in [0.5, 0.6) is 0 Å². The van der Waals surface area contributed by atoms with Crippen molar-refractivity contribution in [1.82, 2.24) is 9.97 Å². The number of nitrogen functional groups attached to an aromatic ring is 1. The SMILES string of the molecule is NNc1nccc(Nc2cc(F)ccc2F)n1. The Morgan fingerprint density at radius 3 is 2.76 bits per heavy atom. The minimum atomic E-state index is -0.577. The Labute approximate surface area is 95.7 Å². The summed E-state index contributed by atoms with van der Waals surface area (Å²) in [5.41, 5.74) is 2.24. The van der Waals surface area contributed by atoms with Crippen LogP contribution in [0.2, 0.25) is 0 Å². The lowest BCUT2D eigenvalue weighted by Gasteiger charge is -2.07. The van der Waals surface area contributed by atoms with Crippen molar-refractivity contribution in [3.05, 3.63) is 42.1 Å². The summed E-state index contributed by atoms with van der Waals surface area (Å²) >= 11 is 0. The van der Waals surface area contributed by atoms with Crippen LogP contribution in [0.1, 0.15) is 0 Å². The maximum atomic E-state index is 13.3. The van der Waals surface area contributed by atoms with Crippen LogP contribution in [0, 0.1) is 11.6 Å². The summed E-state index contributed by atoms with van der Waals surface area (Å²) in [4.78, 5) is 7.69. The molecule has 1 heterocycles. The van der Waals surface area contributed by atoms with Gasteiger partial charge in [0.25, 0.3) is 0 Å². The van der Waals surface area contributed by atoms with Crippen molar-refractivity contribution in [3.8, 4) is 0 Å². The third-order valence-corrected chi connectivity index (χ3v) is 1.98. The van der Waals surface area contributed by atoms with E-state index in [0.29, 0.717) is 5.82 Å². The van der Waals surface area contributed by atoms with Crippen LogP contribution in [0.3, 0.4) is 0 Å². The molecule has 2 aromatic rings. The first kappa shape index (κ1) is 11.2. The number of halogens is 2. The second kappa shape index (κ2) is 4.71. The van der Waals surface area contributed by atoms with Crippen LogP contribution in [-0.4, -0.2) is 9.97 Å². The Hall–Kier alpha value is -2.28. The van der Waals surface area contributed by atoms with Crippen LogP contribution in [0.4, 0.5) is 26.2 Å². The van der Waals surface area contributed by atoms with Crippen molar-refractivity contribution in [2.75, 3.05) is 10.7 Å². The van der Waals surface area contributed by atoms with Crippen LogP contribution in [0.15, 0.2) is 30.5 Å². The normalized spacial score (nSPS) is 10.1. The minimum absolute atomic E-state index is 0.00771. The summed E-state index contributed by atoms with van der Waals surface area (Å²) in [5.74, 6) is 4.49. The average Bonchev–Trinajstić information content (AvgIpc) is 2.34. The third kappa shape index (κ3) is 2.64. The zero-order valence-electron chi connectivity index (χ0n) is 8.61. The minimum Gasteiger partial charge on any atom is -0.338 e. The molecule has 0 fully saturated rings. The Morgan fingerprint density at radius 2 is 2.00 bits per heavy atom. The number of hydrazine groups is 1. The van der Waals surface area contributed by atoms with Gasteiger partial charge in [0.05, 0.1) is 5.69 Å². The number of hydrogen-bond donors (Lipinski definition) is 3. The Balaban J connectivity index is 2.27. The zero-order chi connectivity index (χ0) is 12.3. The number of aromatic nitrogens is 2. The van der Waals surface area contributed by atoms with Crippen LogP contribution in [-0.2, 0) is 0 Å². The van der Waals surface area contributed by atoms with E-state index in [1.165, 1.54) is 12.3 Å². The summed E-state index contributed by atoms with van der Waals surface area (Å²) in [5, 5.41) is 2.63. The molecule has 4 N–H and O–H groups in total. The molecule has 1 aromatic heterocycles. The second-order valence-electron chi connectivity index (χ2n) is 3.16. The highest BCUT2D eigenvalue weighted by Crippen LogP contribution is 2.19. The fraction of sp³-hybridized carbons (Fsp3) is 0. The van der Waals surface area contributed by atoms with Gasteiger partial charge < -0.3 is 5.32 Å². The molecule has 0 amide bonds. The monoisotopic (exact) mass is 237 g/mol. The predicted octanol–water partition coefficient (Wildman–Crippen LogP) is 1.78. The molecule has 0 atom stereocenters. The molecule has 88 valence electrons. The van der Waals surface area contributed by atoms with E-state index < -0.39 is 11.6 Å². The molecule has 7 heteroatoms. The van der Waals surface area contributed by atoms with Gasteiger partial charge in [0.1, 0.15) is 17.5 Å². The molecule has 17 heavy (non-hydrogen) atoms. The highest BCUT2D eigenvalue weighted by Gasteiger charge is 2.05. The van der Waals surface area contributed by atoms with E-state index in [2.05, 4.69) is 20.7 Å². The molecule has 0 aliphatic carbocycles. The predicted molar refractivity (Wildman–Crippen MR) is 59.5 cm³/mol. The maximum Gasteiger partial charge on any atom is 0.239 e. The van der Waals surface area contributed by atoms with E-state index >= 15 is 0 Å². The summed E-state index contributed by atoms with van der Waals surface area (Å²) in [6.45, 7) is 0. The quantitative estimate of drug-likeness (QED) is 0.560. The van der Waals surface area contributed by atoms with Crippen LogP contribution >= 0.6 is 0 Å². The standard InChI is InChI=1S/C10H9F2N5/c11-6-1-2-7(12)8(5-6)15-9-3-4-14-10(16-9)17-13/h1-5H,13H2,(H2,14,15,16,17). The molecule has 0 spiro atoms. The molecule has 0 aliphatic rings. The molecular formula is C10H9F2N5. The van der Waals surface area contributed by atoms with E-state index in [1.807, 2.05) is 0 Å². The lowest BCUT2D eigenvalue weighted by Crippen LogP contribution is -2.11. The molecule has 1 aromatic carbocycles. The van der Waals surface area contributed by atoms with Gasteiger partial charge in [0, 0.05) is 12.3 Å². The van der Waals surface area contributed by atoms with Gasteiger partial charge in [0.15, 0.2) is 0 Å². The van der Waals surface area contributed by atoms with Gasteiger partial charge in [-0.2, -0.15) is 4.98 Å².